The zero-order chi connectivity index (χ0) is 58.0. The molecule has 412 valence electrons. The van der Waals surface area contributed by atoms with Crippen LogP contribution >= 0.6 is 0 Å². The number of carboxylic acids is 1. The van der Waals surface area contributed by atoms with Crippen LogP contribution in [0.4, 0.5) is 28.4 Å². The van der Waals surface area contributed by atoms with Crippen molar-refractivity contribution in [2.45, 2.75) is 50.2 Å². The van der Waals surface area contributed by atoms with E-state index >= 15 is 0 Å². The number of amides is 6. The molecule has 0 heterocycles. The molecule has 3 aromatic rings. The van der Waals surface area contributed by atoms with Crippen LogP contribution in [0, 0.1) is 30.3 Å². The largest absolute Gasteiger partial charge is 0.478 e. The number of carbonyl (C=O) groups excluding carboxylic acids is 6. The molecule has 0 radical (unpaired) electrons. The lowest BCUT2D eigenvalue weighted by molar-refractivity contribution is -0.393. The topological polar surface area (TPSA) is 652 Å². The number of nitrogens with two attached hydrogens (primary N) is 8. The number of benzene rings is 3. The highest BCUT2D eigenvalue weighted by Gasteiger charge is 2.40. The van der Waals surface area contributed by atoms with Crippen LogP contribution in [-0.4, -0.2) is 133 Å². The van der Waals surface area contributed by atoms with Crippen LogP contribution < -0.4 is 82.8 Å². The molecule has 0 aliphatic heterocycles. The maximum absolute atomic E-state index is 14.6. The van der Waals surface area contributed by atoms with Crippen LogP contribution in [0.1, 0.15) is 34.5 Å². The predicted molar refractivity (Wildman–Crippen MR) is 263 cm³/mol. The van der Waals surface area contributed by atoms with Crippen LogP contribution in [-0.2, 0) is 40.3 Å². The van der Waals surface area contributed by atoms with Gasteiger partial charge < -0.3 is 87.6 Å². The lowest BCUT2D eigenvalue weighted by Crippen LogP contribution is -2.58. The van der Waals surface area contributed by atoms with Gasteiger partial charge in [-0.15, -0.1) is 4.99 Å². The Morgan fingerprint density at radius 1 is 0.636 bits per heavy atom. The maximum atomic E-state index is 14.6. The van der Waals surface area contributed by atoms with E-state index in [1.807, 2.05) is 21.4 Å². The number of rotatable bonds is 27. The van der Waals surface area contributed by atoms with E-state index in [1.165, 1.54) is 37.3 Å². The molecule has 0 aliphatic carbocycles. The number of primary amides is 1. The molecule has 39 nitrogen and oxygen atoms in total. The summed E-state index contributed by atoms with van der Waals surface area (Å²) in [6, 6.07) is 5.61. The van der Waals surface area contributed by atoms with E-state index < -0.39 is 158 Å². The molecular formula is C38H48N22O17. The molecule has 3 rings (SSSR count). The standard InChI is InChI=1S/C38H48N22O17/c1-14(39)47-27(32(65)49-26(25(40)62)53-36(41)42)51-34(67)29(55-38(45)46)52-33(66)28(54-37(43)44)50-31(64)23(15-5-3-2-4-6-15)48-30(63)22(13-61)57(12-16-7-8-17(56-77-76)9-20(16)59(72)73)24-19(35(68)69)10-18(58(70)71)11-21(24)60(74)75/h2-11,22-23,26-29,56,61,76H,12-13H2,1H3,(H2,39,47)(H2,40,62)(H,48,63)(H,49,65)(H,50,64)(H,51,67)(H,52,66)(H,68,69)(H4,41,42,53)(H4,43,44,54)(H4,45,46,55). The van der Waals surface area contributed by atoms with Crippen LogP contribution in [0.15, 0.2) is 80.6 Å². The van der Waals surface area contributed by atoms with Crippen molar-refractivity contribution >= 4 is 93.6 Å². The van der Waals surface area contributed by atoms with Crippen molar-refractivity contribution in [2.75, 3.05) is 17.0 Å². The Labute approximate surface area is 429 Å². The lowest BCUT2D eigenvalue weighted by atomic mass is 10.0. The van der Waals surface area contributed by atoms with Gasteiger partial charge in [0.1, 0.15) is 17.8 Å². The second-order valence-corrected chi connectivity index (χ2v) is 15.1. The Morgan fingerprint density at radius 3 is 1.57 bits per heavy atom. The first kappa shape index (κ1) is 60.2. The summed E-state index contributed by atoms with van der Waals surface area (Å²) >= 11 is 0. The number of amidine groups is 1. The highest BCUT2D eigenvalue weighted by atomic mass is 17.2. The van der Waals surface area contributed by atoms with Crippen LogP contribution in [0.2, 0.25) is 0 Å². The molecular weight excluding hydrogens is 1040 g/mol. The van der Waals surface area contributed by atoms with E-state index in [-0.39, 0.29) is 17.1 Å². The van der Waals surface area contributed by atoms with Gasteiger partial charge in [-0.3, -0.25) is 59.1 Å². The van der Waals surface area contributed by atoms with E-state index in [1.54, 1.807) is 0 Å². The van der Waals surface area contributed by atoms with Crippen molar-refractivity contribution in [3.63, 3.8) is 0 Å². The van der Waals surface area contributed by atoms with Crippen LogP contribution in [0.5, 0.6) is 0 Å². The second kappa shape index (κ2) is 27.1. The number of non-ortho nitro benzene ring substituents is 1. The Morgan fingerprint density at radius 2 is 1.13 bits per heavy atom. The molecule has 77 heavy (non-hydrogen) atoms. The smallest absolute Gasteiger partial charge is 0.338 e. The molecule has 0 spiro atoms. The summed E-state index contributed by atoms with van der Waals surface area (Å²) in [5, 5.41) is 77.1. The Kier molecular flexibility index (Phi) is 21.2. The van der Waals surface area contributed by atoms with Gasteiger partial charge in [0.25, 0.3) is 40.7 Å². The summed E-state index contributed by atoms with van der Waals surface area (Å²) in [5.74, 6) is -13.5. The predicted octanol–water partition coefficient (Wildman–Crippen LogP) is -6.40. The number of nitro groups is 3. The molecule has 6 atom stereocenters. The minimum Gasteiger partial charge on any atom is -0.478 e. The molecule has 0 aromatic heterocycles. The number of guanidine groups is 3. The summed E-state index contributed by atoms with van der Waals surface area (Å²) in [6.45, 7) is -1.41. The molecule has 6 unspecified atom stereocenters. The fourth-order valence-corrected chi connectivity index (χ4v) is 6.48. The summed E-state index contributed by atoms with van der Waals surface area (Å²) in [7, 11) is 0. The number of anilines is 2. The molecule has 3 aromatic carbocycles. The fraction of sp³-hybridized carbons (Fsp3) is 0.237. The molecule has 25 N–H and O–H groups in total. The molecule has 0 saturated heterocycles. The van der Waals surface area contributed by atoms with Crippen molar-refractivity contribution in [1.29, 1.82) is 0 Å². The first-order valence-corrected chi connectivity index (χ1v) is 20.9. The van der Waals surface area contributed by atoms with Gasteiger partial charge in [-0.2, -0.15) is 0 Å². The summed E-state index contributed by atoms with van der Waals surface area (Å²) in [5.41, 5.74) is 38.8. The van der Waals surface area contributed by atoms with Gasteiger partial charge in [-0.25, -0.2) is 35.5 Å². The van der Waals surface area contributed by atoms with Gasteiger partial charge in [-0.05, 0) is 24.6 Å². The first-order valence-electron chi connectivity index (χ1n) is 20.9. The van der Waals surface area contributed by atoms with Crippen molar-refractivity contribution < 1.29 is 68.8 Å². The van der Waals surface area contributed by atoms with Crippen molar-refractivity contribution in [2.24, 2.45) is 65.8 Å². The number of aliphatic hydroxyl groups is 1. The quantitative estimate of drug-likeness (QED) is 0.0111. The number of carboxylic acid groups (broad SMARTS) is 1. The number of hydrogen-bond acceptors (Lipinski definition) is 22. The number of aliphatic hydroxyl groups excluding tert-OH is 1. The monoisotopic (exact) mass is 1080 g/mol. The number of carbonyl (C=O) groups is 7. The Bertz CT molecular complexity index is 2870. The van der Waals surface area contributed by atoms with E-state index in [4.69, 9.17) is 51.1 Å². The Balaban J connectivity index is 2.18. The average Bonchev–Trinajstić information content (AvgIpc) is 3.34. The van der Waals surface area contributed by atoms with Crippen LogP contribution in [0.3, 0.4) is 0 Å². The van der Waals surface area contributed by atoms with Crippen molar-refractivity contribution in [3.8, 4) is 0 Å². The van der Waals surface area contributed by atoms with Gasteiger partial charge in [-0.1, -0.05) is 30.3 Å². The van der Waals surface area contributed by atoms with Crippen molar-refractivity contribution in [3.05, 3.63) is 108 Å². The maximum Gasteiger partial charge on any atom is 0.338 e. The zero-order valence-corrected chi connectivity index (χ0v) is 39.4. The molecule has 0 fully saturated rings. The van der Waals surface area contributed by atoms with Gasteiger partial charge >= 0.3 is 5.97 Å². The second-order valence-electron chi connectivity index (χ2n) is 15.1. The van der Waals surface area contributed by atoms with E-state index in [2.05, 4.69) is 35.6 Å². The first-order chi connectivity index (χ1) is 36.1. The van der Waals surface area contributed by atoms with Gasteiger partial charge in [0, 0.05) is 17.7 Å². The number of aliphatic imine (C=N–C) groups is 4. The third-order valence-corrected chi connectivity index (χ3v) is 9.62. The molecule has 0 saturated carbocycles. The van der Waals surface area contributed by atoms with E-state index in [9.17, 15) is 74.1 Å². The molecule has 0 bridgehead atoms. The van der Waals surface area contributed by atoms with Crippen molar-refractivity contribution in [1.82, 2.24) is 26.6 Å². The molecule has 0 aliphatic rings. The number of aromatic carboxylic acids is 1. The Hall–Kier alpha value is -11.1. The number of nitrogens with zero attached hydrogens (tertiary/aromatic N) is 8. The van der Waals surface area contributed by atoms with Gasteiger partial charge in [0.05, 0.1) is 51.1 Å². The third-order valence-electron chi connectivity index (χ3n) is 9.62. The number of nitrogens with one attached hydrogen (secondary N) is 6. The van der Waals surface area contributed by atoms with E-state index in [0.29, 0.717) is 17.0 Å². The highest BCUT2D eigenvalue weighted by Crippen LogP contribution is 2.39. The third kappa shape index (κ3) is 17.0. The summed E-state index contributed by atoms with van der Waals surface area (Å²) in [6.07, 6.45) is -8.59. The molecule has 39 heteroatoms. The normalized spacial score (nSPS) is 13.2. The summed E-state index contributed by atoms with van der Waals surface area (Å²) < 4.78 is 0. The molecule has 6 amide bonds. The van der Waals surface area contributed by atoms with Gasteiger partial charge in [0.15, 0.2) is 17.9 Å². The van der Waals surface area contributed by atoms with Gasteiger partial charge in [0.2, 0.25) is 36.5 Å². The average molecular weight is 1080 g/mol. The van der Waals surface area contributed by atoms with Crippen LogP contribution in [0.25, 0.3) is 0 Å². The SMILES string of the molecule is CC(N)=NC(NC(=O)C(N=C(N)N)NC(=O)C(N=C(N)N)NC(=O)C(NC(=O)C(CO)N(Cc1ccc(NOO)cc1[N+](=O)[O-])c1c(C(=O)O)cc([N+](=O)[O-])cc1[N+](=O)[O-])c1ccccc1)C(=O)NC(N=C(N)N)C(N)=O. The van der Waals surface area contributed by atoms with E-state index in [0.717, 1.165) is 18.2 Å². The minimum absolute atomic E-state index is 0.154. The number of hydrogen-bond donors (Lipinski definition) is 17. The highest BCUT2D eigenvalue weighted by molar-refractivity contribution is 6.02. The zero-order valence-electron chi connectivity index (χ0n) is 39.4. The fourth-order valence-electron chi connectivity index (χ4n) is 6.48. The minimum atomic E-state index is -2.34. The number of nitro benzene ring substituents is 3. The lowest BCUT2D eigenvalue weighted by Gasteiger charge is -2.33. The summed E-state index contributed by atoms with van der Waals surface area (Å²) in [4.78, 5) is 146.